The summed E-state index contributed by atoms with van der Waals surface area (Å²) in [7, 11) is -2.73. The van der Waals surface area contributed by atoms with Gasteiger partial charge >= 0.3 is 0 Å². The van der Waals surface area contributed by atoms with E-state index in [9.17, 15) is 15.8 Å². The quantitative estimate of drug-likeness (QED) is 0.138. The molecule has 0 aliphatic heterocycles. The van der Waals surface area contributed by atoms with Gasteiger partial charge in [-0.15, -0.1) is 0 Å². The molecule has 232 valence electrons. The third-order valence-electron chi connectivity index (χ3n) is 9.65. The Kier molecular flexibility index (Phi) is 7.63. The summed E-state index contributed by atoms with van der Waals surface area (Å²) in [4.78, 5) is 0. The molecule has 0 fully saturated rings. The van der Waals surface area contributed by atoms with Gasteiger partial charge in [0, 0.05) is 16.3 Å². The summed E-state index contributed by atoms with van der Waals surface area (Å²) in [6.07, 6.45) is 0. The van der Waals surface area contributed by atoms with Gasteiger partial charge in [0.15, 0.2) is 8.07 Å². The Morgan fingerprint density at radius 3 is 1.32 bits per heavy atom. The zero-order valence-electron chi connectivity index (χ0n) is 27.0. The lowest BCUT2D eigenvalue weighted by Crippen LogP contribution is -2.74. The SMILES string of the molecule is N#Cc1ccc2c(c1)c1cc(C#N)ccc1n2-c1cccc(C#N)c1-c1ccc([Si](c2ccccc2)(c2ccccc2)c2ccccc2)cc1. The van der Waals surface area contributed by atoms with E-state index in [0.717, 1.165) is 38.6 Å². The van der Waals surface area contributed by atoms with E-state index in [4.69, 9.17) is 0 Å². The molecule has 0 aliphatic rings. The van der Waals surface area contributed by atoms with Gasteiger partial charge in [-0.25, -0.2) is 0 Å². The largest absolute Gasteiger partial charge is 0.309 e. The summed E-state index contributed by atoms with van der Waals surface area (Å²) in [5.74, 6) is 0. The zero-order chi connectivity index (χ0) is 34.1. The third kappa shape index (κ3) is 4.80. The number of nitrogens with zero attached hydrogens (tertiary/aromatic N) is 4. The van der Waals surface area contributed by atoms with Crippen molar-refractivity contribution in [3.63, 3.8) is 0 Å². The zero-order valence-corrected chi connectivity index (χ0v) is 28.0. The molecule has 1 aromatic heterocycles. The Hall–Kier alpha value is -6.97. The monoisotopic (exact) mass is 652 g/mol. The van der Waals surface area contributed by atoms with Crippen LogP contribution in [0, 0.1) is 34.0 Å². The minimum absolute atomic E-state index is 0.545. The van der Waals surface area contributed by atoms with Crippen molar-refractivity contribution >= 4 is 50.6 Å². The Labute approximate surface area is 291 Å². The van der Waals surface area contributed by atoms with Gasteiger partial charge in [-0.2, -0.15) is 15.8 Å². The topological polar surface area (TPSA) is 76.3 Å². The van der Waals surface area contributed by atoms with Crippen molar-refractivity contribution in [2.75, 3.05) is 0 Å². The lowest BCUT2D eigenvalue weighted by molar-refractivity contribution is 1.18. The van der Waals surface area contributed by atoms with Crippen molar-refractivity contribution in [3.8, 4) is 35.0 Å². The molecule has 50 heavy (non-hydrogen) atoms. The van der Waals surface area contributed by atoms with Crippen LogP contribution >= 0.6 is 0 Å². The van der Waals surface area contributed by atoms with Crippen LogP contribution in [0.15, 0.2) is 170 Å². The standard InChI is InChI=1S/C45H28N4Si/c46-29-32-19-25-42-40(27-32)41-28-33(30-47)20-26-43(41)49(42)44-18-10-11-35(31-48)45(44)34-21-23-39(24-22-34)50(36-12-4-1-5-13-36,37-14-6-2-7-15-37)38-16-8-3-9-17-38/h1-28H. The maximum atomic E-state index is 10.5. The van der Waals surface area contributed by atoms with Crippen LogP contribution in [0.25, 0.3) is 38.6 Å². The molecule has 0 unspecified atom stereocenters. The highest BCUT2D eigenvalue weighted by Crippen LogP contribution is 2.38. The van der Waals surface area contributed by atoms with E-state index in [1.807, 2.05) is 54.6 Å². The van der Waals surface area contributed by atoms with E-state index in [1.165, 1.54) is 20.7 Å². The Balaban J connectivity index is 1.38. The molecule has 1 heterocycles. The van der Waals surface area contributed by atoms with E-state index < -0.39 is 8.07 Å². The normalized spacial score (nSPS) is 11.1. The number of nitriles is 3. The smallest absolute Gasteiger partial charge is 0.179 e. The van der Waals surface area contributed by atoms with Gasteiger partial charge in [-0.3, -0.25) is 0 Å². The minimum Gasteiger partial charge on any atom is -0.309 e. The number of aromatic nitrogens is 1. The molecule has 4 nitrogen and oxygen atoms in total. The van der Waals surface area contributed by atoms with E-state index in [-0.39, 0.29) is 0 Å². The van der Waals surface area contributed by atoms with Crippen LogP contribution < -0.4 is 20.7 Å². The van der Waals surface area contributed by atoms with Crippen LogP contribution in [0.2, 0.25) is 0 Å². The second kappa shape index (κ2) is 12.6. The van der Waals surface area contributed by atoms with Crippen molar-refractivity contribution in [2.45, 2.75) is 0 Å². The highest BCUT2D eigenvalue weighted by molar-refractivity contribution is 7.19. The summed E-state index contributed by atoms with van der Waals surface area (Å²) in [5, 5.41) is 36.8. The predicted molar refractivity (Wildman–Crippen MR) is 204 cm³/mol. The molecule has 0 amide bonds. The third-order valence-corrected chi connectivity index (χ3v) is 14.5. The Morgan fingerprint density at radius 1 is 0.420 bits per heavy atom. The first-order chi connectivity index (χ1) is 24.7. The van der Waals surface area contributed by atoms with Gasteiger partial charge < -0.3 is 4.57 Å². The van der Waals surface area contributed by atoms with Gasteiger partial charge in [0.05, 0.1) is 51.6 Å². The fraction of sp³-hybridized carbons (Fsp3) is 0. The highest BCUT2D eigenvalue weighted by Gasteiger charge is 2.41. The van der Waals surface area contributed by atoms with Crippen molar-refractivity contribution in [3.05, 3.63) is 187 Å². The fourth-order valence-corrected chi connectivity index (χ4v) is 12.2. The Morgan fingerprint density at radius 2 is 0.880 bits per heavy atom. The average molecular weight is 653 g/mol. The molecule has 0 radical (unpaired) electrons. The predicted octanol–water partition coefficient (Wildman–Crippen LogP) is 7.44. The molecular formula is C45H28N4Si. The molecule has 0 aliphatic carbocycles. The number of hydrogen-bond acceptors (Lipinski definition) is 3. The Bertz CT molecular complexity index is 2490. The summed E-state index contributed by atoms with van der Waals surface area (Å²) in [6.45, 7) is 0. The van der Waals surface area contributed by atoms with E-state index >= 15 is 0 Å². The first-order valence-corrected chi connectivity index (χ1v) is 18.4. The first kappa shape index (κ1) is 30.4. The van der Waals surface area contributed by atoms with Crippen molar-refractivity contribution in [2.24, 2.45) is 0 Å². The molecule has 0 N–H and O–H groups in total. The second-order valence-corrected chi connectivity index (χ2v) is 16.1. The van der Waals surface area contributed by atoms with Gasteiger partial charge in [0.1, 0.15) is 0 Å². The van der Waals surface area contributed by atoms with Crippen LogP contribution in [0.4, 0.5) is 0 Å². The van der Waals surface area contributed by atoms with E-state index in [2.05, 4.69) is 138 Å². The molecule has 0 saturated heterocycles. The summed E-state index contributed by atoms with van der Waals surface area (Å²) in [5.41, 5.74) is 6.04. The molecule has 0 saturated carbocycles. The van der Waals surface area contributed by atoms with Gasteiger partial charge in [0.2, 0.25) is 0 Å². The fourth-order valence-electron chi connectivity index (χ4n) is 7.50. The molecule has 0 bridgehead atoms. The molecule has 0 atom stereocenters. The molecule has 7 aromatic carbocycles. The molecule has 8 rings (SSSR count). The van der Waals surface area contributed by atoms with Gasteiger partial charge in [-0.1, -0.05) is 121 Å². The van der Waals surface area contributed by atoms with E-state index in [0.29, 0.717) is 16.7 Å². The van der Waals surface area contributed by atoms with Crippen molar-refractivity contribution in [1.29, 1.82) is 15.8 Å². The second-order valence-electron chi connectivity index (χ2n) is 12.3. The van der Waals surface area contributed by atoms with Crippen LogP contribution in [0.3, 0.4) is 0 Å². The molecule has 5 heteroatoms. The highest BCUT2D eigenvalue weighted by atomic mass is 28.3. The van der Waals surface area contributed by atoms with E-state index in [1.54, 1.807) is 0 Å². The number of fused-ring (bicyclic) bond motifs is 3. The molecule has 0 spiro atoms. The van der Waals surface area contributed by atoms with Gasteiger partial charge in [0.25, 0.3) is 0 Å². The number of rotatable bonds is 6. The van der Waals surface area contributed by atoms with Crippen molar-refractivity contribution in [1.82, 2.24) is 4.57 Å². The summed E-state index contributed by atoms with van der Waals surface area (Å²) in [6, 6.07) is 65.3. The lowest BCUT2D eigenvalue weighted by Gasteiger charge is -2.34. The van der Waals surface area contributed by atoms with Crippen LogP contribution in [-0.2, 0) is 0 Å². The molecular weight excluding hydrogens is 625 g/mol. The maximum absolute atomic E-state index is 10.5. The van der Waals surface area contributed by atoms with Crippen LogP contribution in [0.1, 0.15) is 16.7 Å². The minimum atomic E-state index is -2.73. The van der Waals surface area contributed by atoms with Gasteiger partial charge in [-0.05, 0) is 74.8 Å². The number of hydrogen-bond donors (Lipinski definition) is 0. The first-order valence-electron chi connectivity index (χ1n) is 16.4. The number of benzene rings is 7. The lowest BCUT2D eigenvalue weighted by atomic mass is 9.98. The molecule has 8 aromatic rings. The van der Waals surface area contributed by atoms with Crippen LogP contribution in [-0.4, -0.2) is 12.6 Å². The average Bonchev–Trinajstić information content (AvgIpc) is 3.52. The van der Waals surface area contributed by atoms with Crippen LogP contribution in [0.5, 0.6) is 0 Å². The maximum Gasteiger partial charge on any atom is 0.179 e. The van der Waals surface area contributed by atoms with Crippen molar-refractivity contribution < 1.29 is 0 Å². The summed E-state index contributed by atoms with van der Waals surface area (Å²) >= 11 is 0. The summed E-state index contributed by atoms with van der Waals surface area (Å²) < 4.78 is 2.15.